The van der Waals surface area contributed by atoms with Crippen LogP contribution < -0.4 is 21.8 Å². The second-order valence-electron chi connectivity index (χ2n) is 13.7. The molecule has 54 heavy (non-hydrogen) atoms. The van der Waals surface area contributed by atoms with Gasteiger partial charge in [0.25, 0.3) is 22.9 Å². The zero-order chi connectivity index (χ0) is 39.1. The Kier molecular flexibility index (Phi) is 12.8. The van der Waals surface area contributed by atoms with Crippen molar-refractivity contribution in [3.05, 3.63) is 139 Å². The first-order valence-corrected chi connectivity index (χ1v) is 17.6. The molecule has 14 heteroatoms. The van der Waals surface area contributed by atoms with Crippen LogP contribution >= 0.6 is 0 Å². The molecule has 0 spiro atoms. The molecule has 4 aromatic rings. The van der Waals surface area contributed by atoms with Crippen LogP contribution in [-0.2, 0) is 13.1 Å². The van der Waals surface area contributed by atoms with Crippen LogP contribution in [0.15, 0.2) is 82.6 Å². The lowest BCUT2D eigenvalue weighted by Crippen LogP contribution is -2.32. The van der Waals surface area contributed by atoms with Gasteiger partial charge < -0.3 is 30.0 Å². The molecule has 2 saturated carbocycles. The molecule has 12 nitrogen and oxygen atoms in total. The molecule has 6 rings (SSSR count). The normalized spacial score (nSPS) is 18.2. The van der Waals surface area contributed by atoms with Gasteiger partial charge in [0.1, 0.15) is 22.8 Å². The third-order valence-corrected chi connectivity index (χ3v) is 9.79. The van der Waals surface area contributed by atoms with Gasteiger partial charge in [0.15, 0.2) is 11.6 Å². The number of amides is 2. The maximum atomic E-state index is 13.1. The molecule has 284 valence electrons. The summed E-state index contributed by atoms with van der Waals surface area (Å²) in [5, 5.41) is 23.1. The van der Waals surface area contributed by atoms with E-state index in [-0.39, 0.29) is 108 Å². The van der Waals surface area contributed by atoms with Gasteiger partial charge in [-0.25, -0.2) is 8.78 Å². The van der Waals surface area contributed by atoms with Crippen LogP contribution in [0.5, 0.6) is 0 Å². The summed E-state index contributed by atoms with van der Waals surface area (Å²) in [4.78, 5) is 74.6. The Balaban J connectivity index is 0.000000208. The van der Waals surface area contributed by atoms with Crippen LogP contribution in [0, 0.1) is 35.3 Å². The maximum Gasteiger partial charge on any atom is 0.263 e. The van der Waals surface area contributed by atoms with Gasteiger partial charge in [0.2, 0.25) is 0 Å². The van der Waals surface area contributed by atoms with Gasteiger partial charge in [-0.1, -0.05) is 24.3 Å². The van der Waals surface area contributed by atoms with Crippen LogP contribution in [0.4, 0.5) is 8.78 Å². The van der Waals surface area contributed by atoms with Crippen molar-refractivity contribution >= 4 is 23.4 Å². The lowest BCUT2D eigenvalue weighted by molar-refractivity contribution is 0.0948. The summed E-state index contributed by atoms with van der Waals surface area (Å²) in [5.74, 6) is -1.66. The first kappa shape index (κ1) is 39.6. The van der Waals surface area contributed by atoms with Crippen LogP contribution in [0.2, 0.25) is 0 Å². The summed E-state index contributed by atoms with van der Waals surface area (Å²) in [6, 6.07) is 14.0. The molecule has 2 fully saturated rings. The Hall–Kier alpha value is -5.60. The van der Waals surface area contributed by atoms with Crippen molar-refractivity contribution in [1.82, 2.24) is 19.8 Å². The zero-order valence-electron chi connectivity index (χ0n) is 29.9. The first-order valence-electron chi connectivity index (χ1n) is 17.6. The Morgan fingerprint density at radius 1 is 0.630 bits per heavy atom. The number of nitrogens with one attached hydrogen (secondary N) is 2. The molecule has 2 aliphatic rings. The Bertz CT molecular complexity index is 1990. The third-order valence-electron chi connectivity index (χ3n) is 9.79. The van der Waals surface area contributed by atoms with E-state index in [1.807, 2.05) is 0 Å². The molecule has 2 aromatic heterocycles. The highest BCUT2D eigenvalue weighted by molar-refractivity contribution is 6.01. The van der Waals surface area contributed by atoms with E-state index in [2.05, 4.69) is 10.6 Å². The van der Waals surface area contributed by atoms with Gasteiger partial charge in [-0.3, -0.25) is 28.8 Å². The molecule has 2 aromatic carbocycles. The largest absolute Gasteiger partial charge is 0.396 e. The number of Topliss-reactive ketones (excluding diaryl/α,β-unsaturated/α-hetero) is 2. The highest BCUT2D eigenvalue weighted by Crippen LogP contribution is 2.42. The number of aliphatic hydroxyl groups excluding tert-OH is 2. The van der Waals surface area contributed by atoms with Crippen LogP contribution in [0.25, 0.3) is 0 Å². The van der Waals surface area contributed by atoms with Crippen molar-refractivity contribution in [1.29, 1.82) is 0 Å². The number of aliphatic hydroxyl groups is 2. The average Bonchev–Trinajstić information content (AvgIpc) is 4.11. The van der Waals surface area contributed by atoms with Gasteiger partial charge in [0.05, 0.1) is 13.1 Å². The van der Waals surface area contributed by atoms with E-state index < -0.39 is 22.9 Å². The maximum absolute atomic E-state index is 13.1. The van der Waals surface area contributed by atoms with Crippen molar-refractivity contribution in [2.45, 2.75) is 38.8 Å². The molecular weight excluding hydrogens is 702 g/mol. The standard InChI is InChI=1S/2C20H21FN2O4/c2*1-22-19(26)17-7-14(18(25)8-13-6-15(13)11-24)10-23(20(17)27)9-12-2-4-16(21)5-3-12/h2*2-5,7,10,13,15,24H,6,8-9,11H2,1H3,(H,22,26)/t2*13-,15-/m10/s1. The molecule has 0 saturated heterocycles. The van der Waals surface area contributed by atoms with E-state index in [1.54, 1.807) is 24.3 Å². The van der Waals surface area contributed by atoms with Crippen molar-refractivity contribution < 1.29 is 38.2 Å². The fourth-order valence-electron chi connectivity index (χ4n) is 6.26. The number of rotatable bonds is 14. The highest BCUT2D eigenvalue weighted by Gasteiger charge is 2.39. The second-order valence-corrected chi connectivity index (χ2v) is 13.7. The molecule has 2 aliphatic carbocycles. The lowest BCUT2D eigenvalue weighted by Gasteiger charge is -2.11. The summed E-state index contributed by atoms with van der Waals surface area (Å²) in [7, 11) is 2.83. The molecule has 4 N–H and O–H groups in total. The van der Waals surface area contributed by atoms with E-state index in [0.29, 0.717) is 11.1 Å². The van der Waals surface area contributed by atoms with Gasteiger partial charge in [0, 0.05) is 63.7 Å². The van der Waals surface area contributed by atoms with Gasteiger partial charge in [-0.2, -0.15) is 0 Å². The smallest absolute Gasteiger partial charge is 0.263 e. The van der Waals surface area contributed by atoms with E-state index in [0.717, 1.165) is 12.8 Å². The summed E-state index contributed by atoms with van der Waals surface area (Å²) < 4.78 is 28.8. The molecular formula is C40H42F2N4O8. The molecule has 0 bridgehead atoms. The number of benzene rings is 2. The molecule has 0 radical (unpaired) electrons. The van der Waals surface area contributed by atoms with Crippen molar-refractivity contribution in [3.8, 4) is 0 Å². The topological polar surface area (TPSA) is 177 Å². The highest BCUT2D eigenvalue weighted by atomic mass is 19.1. The van der Waals surface area contributed by atoms with Crippen LogP contribution in [-0.4, -0.2) is 70.0 Å². The fraction of sp³-hybridized carbons (Fsp3) is 0.350. The minimum atomic E-state index is -0.567. The number of pyridine rings is 2. The van der Waals surface area contributed by atoms with Gasteiger partial charge in [-0.05, 0) is 84.0 Å². The summed E-state index contributed by atoms with van der Waals surface area (Å²) >= 11 is 0. The van der Waals surface area contributed by atoms with Crippen molar-refractivity contribution in [2.24, 2.45) is 23.7 Å². The predicted molar refractivity (Wildman–Crippen MR) is 194 cm³/mol. The number of carbonyl (C=O) groups excluding carboxylic acids is 4. The van der Waals surface area contributed by atoms with E-state index in [9.17, 15) is 37.5 Å². The Morgan fingerprint density at radius 3 is 1.28 bits per heavy atom. The second kappa shape index (κ2) is 17.5. The minimum absolute atomic E-state index is 0.0610. The SMILES string of the molecule is CNC(=O)c1cc(C(=O)C[C@@H]2C[C@H]2CO)cn(Cc2ccc(F)cc2)c1=O.CNC(=O)c1cc(C(=O)C[C@H]2C[C@@H]2CO)cn(Cc2ccc(F)cc2)c1=O. The fourth-order valence-corrected chi connectivity index (χ4v) is 6.26. The van der Waals surface area contributed by atoms with Gasteiger partial charge >= 0.3 is 0 Å². The van der Waals surface area contributed by atoms with Crippen molar-refractivity contribution in [2.75, 3.05) is 27.3 Å². The molecule has 0 unspecified atom stereocenters. The molecule has 2 amide bonds. The monoisotopic (exact) mass is 744 g/mol. The number of hydrogen-bond acceptors (Lipinski definition) is 8. The number of hydrogen-bond donors (Lipinski definition) is 4. The number of aromatic nitrogens is 2. The lowest BCUT2D eigenvalue weighted by atomic mass is 10.0. The molecule has 4 atom stereocenters. The number of halogens is 2. The Labute approximate surface area is 309 Å². The number of ketones is 2. The van der Waals surface area contributed by atoms with E-state index >= 15 is 0 Å². The van der Waals surface area contributed by atoms with E-state index in [1.165, 1.54) is 72.0 Å². The predicted octanol–water partition coefficient (Wildman–Crippen LogP) is 3.19. The van der Waals surface area contributed by atoms with Gasteiger partial charge in [-0.15, -0.1) is 0 Å². The number of nitrogens with zero attached hydrogens (tertiary/aromatic N) is 2. The van der Waals surface area contributed by atoms with Crippen LogP contribution in [0.1, 0.15) is 78.2 Å². The Morgan fingerprint density at radius 2 is 0.981 bits per heavy atom. The molecule has 2 heterocycles. The summed E-state index contributed by atoms with van der Waals surface area (Å²) in [6.45, 7) is 0.358. The average molecular weight is 745 g/mol. The summed E-state index contributed by atoms with van der Waals surface area (Å²) in [6.07, 6.45) is 5.04. The van der Waals surface area contributed by atoms with Crippen molar-refractivity contribution in [3.63, 3.8) is 0 Å². The first-order chi connectivity index (χ1) is 25.8. The minimum Gasteiger partial charge on any atom is -0.396 e. The quantitative estimate of drug-likeness (QED) is 0.142. The zero-order valence-corrected chi connectivity index (χ0v) is 29.9. The van der Waals surface area contributed by atoms with E-state index in [4.69, 9.17) is 10.2 Å². The summed E-state index contributed by atoms with van der Waals surface area (Å²) in [5.41, 5.74) is 0.643. The number of carbonyl (C=O) groups is 4. The van der Waals surface area contributed by atoms with Crippen LogP contribution in [0.3, 0.4) is 0 Å². The molecule has 0 aliphatic heterocycles. The third kappa shape index (κ3) is 9.88.